The summed E-state index contributed by atoms with van der Waals surface area (Å²) >= 11 is 0. The normalized spacial score (nSPS) is 10.9. The molecule has 0 aliphatic carbocycles. The number of carbonyl (C=O) groups excluding carboxylic acids is 1. The van der Waals surface area contributed by atoms with Crippen LogP contribution in [0, 0.1) is 0 Å². The lowest BCUT2D eigenvalue weighted by Gasteiger charge is -2.13. The molecule has 31 heavy (non-hydrogen) atoms. The minimum Gasteiger partial charge on any atom is -0.496 e. The molecule has 0 saturated carbocycles. The van der Waals surface area contributed by atoms with Crippen molar-refractivity contribution in [3.63, 3.8) is 0 Å². The number of hydrogen-bond donors (Lipinski definition) is 2. The Labute approximate surface area is 177 Å². The predicted octanol–water partition coefficient (Wildman–Crippen LogP) is 5.16. The highest BCUT2D eigenvalue weighted by molar-refractivity contribution is 6.08. The maximum absolute atomic E-state index is 12.9. The van der Waals surface area contributed by atoms with Crippen molar-refractivity contribution in [1.82, 2.24) is 15.0 Å². The minimum atomic E-state index is -0.332. The van der Waals surface area contributed by atoms with Gasteiger partial charge in [0.15, 0.2) is 0 Å². The molecule has 0 aliphatic rings. The third-order valence-corrected chi connectivity index (χ3v) is 4.93. The quantitative estimate of drug-likeness (QED) is 0.418. The number of aromatic nitrogens is 3. The molecular weight excluding hydrogens is 392 g/mol. The Morgan fingerprint density at radius 1 is 0.968 bits per heavy atom. The summed E-state index contributed by atoms with van der Waals surface area (Å²) in [6.07, 6.45) is 5.17. The molecule has 0 atom stereocenters. The van der Waals surface area contributed by atoms with E-state index in [1.165, 1.54) is 7.11 Å². The fraction of sp³-hybridized carbons (Fsp3) is 0.0417. The number of pyridine rings is 2. The summed E-state index contributed by atoms with van der Waals surface area (Å²) in [5, 5.41) is 4.54. The van der Waals surface area contributed by atoms with Crippen LogP contribution in [0.3, 0.4) is 0 Å². The maximum Gasteiger partial charge on any atom is 0.260 e. The van der Waals surface area contributed by atoms with Crippen molar-refractivity contribution in [1.29, 1.82) is 0 Å². The summed E-state index contributed by atoms with van der Waals surface area (Å²) < 4.78 is 11.6. The summed E-state index contributed by atoms with van der Waals surface area (Å²) in [7, 11) is 1.52. The molecule has 2 N–H and O–H groups in total. The lowest BCUT2D eigenvalue weighted by atomic mass is 10.1. The van der Waals surface area contributed by atoms with Crippen molar-refractivity contribution < 1.29 is 14.3 Å². The van der Waals surface area contributed by atoms with E-state index in [0.29, 0.717) is 39.5 Å². The van der Waals surface area contributed by atoms with Crippen LogP contribution in [0.15, 0.2) is 79.3 Å². The lowest BCUT2D eigenvalue weighted by molar-refractivity contribution is 0.102. The van der Waals surface area contributed by atoms with Crippen LogP contribution in [0.1, 0.15) is 10.4 Å². The van der Waals surface area contributed by atoms with Crippen molar-refractivity contribution in [2.45, 2.75) is 0 Å². The molecule has 0 spiro atoms. The van der Waals surface area contributed by atoms with E-state index in [9.17, 15) is 4.79 Å². The van der Waals surface area contributed by atoms with E-state index < -0.39 is 0 Å². The second-order valence-electron chi connectivity index (χ2n) is 6.88. The van der Waals surface area contributed by atoms with E-state index in [1.54, 1.807) is 48.8 Å². The zero-order valence-electron chi connectivity index (χ0n) is 16.6. The van der Waals surface area contributed by atoms with Gasteiger partial charge in [-0.05, 0) is 48.5 Å². The van der Waals surface area contributed by atoms with Crippen LogP contribution in [0.25, 0.3) is 21.8 Å². The molecule has 152 valence electrons. The molecule has 3 aromatic heterocycles. The van der Waals surface area contributed by atoms with Crippen LogP contribution in [0.2, 0.25) is 0 Å². The number of hydrogen-bond acceptors (Lipinski definition) is 5. The molecule has 5 rings (SSSR count). The highest BCUT2D eigenvalue weighted by atomic mass is 16.5. The molecule has 0 unspecified atom stereocenters. The first-order valence-electron chi connectivity index (χ1n) is 9.65. The lowest BCUT2D eigenvalue weighted by Crippen LogP contribution is -2.14. The molecule has 3 heterocycles. The van der Waals surface area contributed by atoms with E-state index in [0.717, 1.165) is 10.9 Å². The number of anilines is 1. The molecular formula is C24H18N4O3. The number of nitrogens with zero attached hydrogens (tertiary/aromatic N) is 2. The number of fused-ring (bicyclic) bond motifs is 2. The first kappa shape index (κ1) is 18.6. The molecule has 1 amide bonds. The zero-order valence-corrected chi connectivity index (χ0v) is 16.6. The van der Waals surface area contributed by atoms with Crippen molar-refractivity contribution in [3.8, 4) is 17.2 Å². The standard InChI is InChI=1S/C24H18N4O3/c1-30-22-14-20-17(13-18(22)24(29)28-23-4-2-3-9-27-23)21(8-11-26-20)31-16-5-6-19-15(12-16)7-10-25-19/h2-14,25H,1H3,(H,27,28,29). The summed E-state index contributed by atoms with van der Waals surface area (Å²) in [6.45, 7) is 0. The first-order chi connectivity index (χ1) is 15.2. The number of aromatic amines is 1. The fourth-order valence-electron chi connectivity index (χ4n) is 3.43. The molecule has 0 bridgehead atoms. The van der Waals surface area contributed by atoms with Crippen LogP contribution >= 0.6 is 0 Å². The highest BCUT2D eigenvalue weighted by Gasteiger charge is 2.17. The highest BCUT2D eigenvalue weighted by Crippen LogP contribution is 2.34. The fourth-order valence-corrected chi connectivity index (χ4v) is 3.43. The second-order valence-corrected chi connectivity index (χ2v) is 6.88. The number of methoxy groups -OCH3 is 1. The van der Waals surface area contributed by atoms with Gasteiger partial charge in [-0.15, -0.1) is 0 Å². The van der Waals surface area contributed by atoms with Gasteiger partial charge in [0.25, 0.3) is 5.91 Å². The minimum absolute atomic E-state index is 0.332. The number of rotatable bonds is 5. The van der Waals surface area contributed by atoms with E-state index in [1.807, 2.05) is 30.5 Å². The molecule has 0 aliphatic heterocycles. The predicted molar refractivity (Wildman–Crippen MR) is 119 cm³/mol. The van der Waals surface area contributed by atoms with Crippen LogP contribution in [0.4, 0.5) is 5.82 Å². The molecule has 5 aromatic rings. The van der Waals surface area contributed by atoms with Gasteiger partial charge in [0.05, 0.1) is 18.2 Å². The molecule has 0 fully saturated rings. The zero-order chi connectivity index (χ0) is 21.2. The molecule has 2 aromatic carbocycles. The SMILES string of the molecule is COc1cc2nccc(Oc3ccc4[nH]ccc4c3)c2cc1C(=O)Nc1ccccn1. The maximum atomic E-state index is 12.9. The second kappa shape index (κ2) is 7.79. The van der Waals surface area contributed by atoms with Gasteiger partial charge in [-0.25, -0.2) is 4.98 Å². The number of H-pyrrole nitrogens is 1. The van der Waals surface area contributed by atoms with E-state index in [2.05, 4.69) is 20.3 Å². The third-order valence-electron chi connectivity index (χ3n) is 4.93. The Bertz CT molecular complexity index is 1400. The summed E-state index contributed by atoms with van der Waals surface area (Å²) in [6, 6.07) is 18.3. The van der Waals surface area contributed by atoms with Crippen LogP contribution in [0.5, 0.6) is 17.2 Å². The third kappa shape index (κ3) is 3.64. The number of carbonyl (C=O) groups is 1. The molecule has 7 nitrogen and oxygen atoms in total. The van der Waals surface area contributed by atoms with Gasteiger partial charge in [0.1, 0.15) is 23.1 Å². The number of nitrogens with one attached hydrogen (secondary N) is 2. The largest absolute Gasteiger partial charge is 0.496 e. The molecule has 7 heteroatoms. The monoisotopic (exact) mass is 410 g/mol. The average molecular weight is 410 g/mol. The van der Waals surface area contributed by atoms with Gasteiger partial charge in [0, 0.05) is 40.9 Å². The average Bonchev–Trinajstić information content (AvgIpc) is 3.27. The molecule has 0 saturated heterocycles. The van der Waals surface area contributed by atoms with Gasteiger partial charge in [-0.1, -0.05) is 6.07 Å². The van der Waals surface area contributed by atoms with Crippen molar-refractivity contribution >= 4 is 33.5 Å². The molecule has 0 radical (unpaired) electrons. The summed E-state index contributed by atoms with van der Waals surface area (Å²) in [5.41, 5.74) is 2.05. The number of ether oxygens (including phenoxy) is 2. The summed E-state index contributed by atoms with van der Waals surface area (Å²) in [5.74, 6) is 1.82. The topological polar surface area (TPSA) is 89.1 Å². The van der Waals surface area contributed by atoms with Gasteiger partial charge in [-0.2, -0.15) is 0 Å². The van der Waals surface area contributed by atoms with Crippen molar-refractivity contribution in [3.05, 3.63) is 84.8 Å². The Morgan fingerprint density at radius 2 is 1.90 bits per heavy atom. The van der Waals surface area contributed by atoms with E-state index >= 15 is 0 Å². The van der Waals surface area contributed by atoms with Gasteiger partial charge < -0.3 is 19.8 Å². The Kier molecular flexibility index (Phi) is 4.68. The Morgan fingerprint density at radius 3 is 2.74 bits per heavy atom. The Balaban J connectivity index is 1.54. The van der Waals surface area contributed by atoms with Crippen LogP contribution in [-0.4, -0.2) is 28.0 Å². The smallest absolute Gasteiger partial charge is 0.260 e. The van der Waals surface area contributed by atoms with E-state index in [4.69, 9.17) is 9.47 Å². The Hall–Kier alpha value is -4.39. The van der Waals surface area contributed by atoms with Gasteiger partial charge in [-0.3, -0.25) is 9.78 Å². The van der Waals surface area contributed by atoms with Crippen molar-refractivity contribution in [2.75, 3.05) is 12.4 Å². The van der Waals surface area contributed by atoms with Crippen molar-refractivity contribution in [2.24, 2.45) is 0 Å². The van der Waals surface area contributed by atoms with Crippen LogP contribution in [-0.2, 0) is 0 Å². The summed E-state index contributed by atoms with van der Waals surface area (Å²) in [4.78, 5) is 24.6. The van der Waals surface area contributed by atoms with E-state index in [-0.39, 0.29) is 5.91 Å². The van der Waals surface area contributed by atoms with Gasteiger partial charge >= 0.3 is 0 Å². The number of benzene rings is 2. The first-order valence-corrected chi connectivity index (χ1v) is 9.65. The van der Waals surface area contributed by atoms with Crippen LogP contribution < -0.4 is 14.8 Å². The number of amides is 1. The van der Waals surface area contributed by atoms with Gasteiger partial charge in [0.2, 0.25) is 0 Å².